The third-order valence-corrected chi connectivity index (χ3v) is 7.71. The number of benzene rings is 4. The molecule has 0 amide bonds. The van der Waals surface area contributed by atoms with Crippen LogP contribution in [0.3, 0.4) is 0 Å². The van der Waals surface area contributed by atoms with Gasteiger partial charge in [0.15, 0.2) is 11.2 Å². The van der Waals surface area contributed by atoms with Crippen molar-refractivity contribution in [3.8, 4) is 22.3 Å². The molecule has 38 heavy (non-hydrogen) atoms. The molecule has 192 valence electrons. The molecule has 0 unspecified atom stereocenters. The highest BCUT2D eigenvalue weighted by molar-refractivity contribution is 9.18. The van der Waals surface area contributed by atoms with Crippen LogP contribution in [0.25, 0.3) is 22.3 Å². The first-order valence-electron chi connectivity index (χ1n) is 12.5. The SMILES string of the molecule is C[C@@]1(c2ccc(-c3ccccc3)cc2)CC(Br)=NO1.C[C@]1(c2ccc(-c3ccccc3)cc2)CC(Br)=NO1. The molecule has 6 rings (SSSR count). The number of hydrogen-bond acceptors (Lipinski definition) is 4. The van der Waals surface area contributed by atoms with Crippen LogP contribution in [0.1, 0.15) is 37.8 Å². The van der Waals surface area contributed by atoms with Gasteiger partial charge in [-0.1, -0.05) is 120 Å². The lowest BCUT2D eigenvalue weighted by Gasteiger charge is -2.21. The van der Waals surface area contributed by atoms with E-state index >= 15 is 0 Å². The Kier molecular flexibility index (Phi) is 7.82. The van der Waals surface area contributed by atoms with Crippen LogP contribution in [-0.4, -0.2) is 9.24 Å². The molecule has 0 spiro atoms. The molecule has 0 aliphatic carbocycles. The van der Waals surface area contributed by atoms with E-state index in [0.29, 0.717) is 0 Å². The van der Waals surface area contributed by atoms with Gasteiger partial charge in [0.2, 0.25) is 0 Å². The number of halogens is 2. The smallest absolute Gasteiger partial charge is 0.166 e. The van der Waals surface area contributed by atoms with E-state index in [1.807, 2.05) is 12.1 Å². The van der Waals surface area contributed by atoms with Gasteiger partial charge in [0.25, 0.3) is 0 Å². The van der Waals surface area contributed by atoms with Crippen LogP contribution in [0.4, 0.5) is 0 Å². The van der Waals surface area contributed by atoms with Gasteiger partial charge in [-0.3, -0.25) is 0 Å². The molecule has 2 aliphatic rings. The molecule has 2 heterocycles. The molecular formula is C32H28Br2N2O2. The second kappa shape index (κ2) is 11.3. The minimum absolute atomic E-state index is 0.353. The molecule has 6 heteroatoms. The van der Waals surface area contributed by atoms with Gasteiger partial charge in [-0.25, -0.2) is 0 Å². The fourth-order valence-electron chi connectivity index (χ4n) is 4.59. The van der Waals surface area contributed by atoms with E-state index in [4.69, 9.17) is 9.68 Å². The van der Waals surface area contributed by atoms with Crippen LogP contribution in [0, 0.1) is 0 Å². The Bertz CT molecular complexity index is 1330. The maximum Gasteiger partial charge on any atom is 0.166 e. The predicted octanol–water partition coefficient (Wildman–Crippen LogP) is 9.39. The van der Waals surface area contributed by atoms with E-state index < -0.39 is 0 Å². The third-order valence-electron chi connectivity index (χ3n) is 6.86. The lowest BCUT2D eigenvalue weighted by molar-refractivity contribution is -0.00755. The van der Waals surface area contributed by atoms with Gasteiger partial charge < -0.3 is 9.68 Å². The number of hydrogen-bond donors (Lipinski definition) is 0. The first-order valence-corrected chi connectivity index (χ1v) is 14.1. The predicted molar refractivity (Wildman–Crippen MR) is 163 cm³/mol. The van der Waals surface area contributed by atoms with Crippen molar-refractivity contribution in [2.75, 3.05) is 0 Å². The topological polar surface area (TPSA) is 43.2 Å². The maximum atomic E-state index is 5.53. The minimum atomic E-state index is -0.353. The Balaban J connectivity index is 0.000000155. The normalized spacial score (nSPS) is 21.9. The minimum Gasteiger partial charge on any atom is -0.383 e. The van der Waals surface area contributed by atoms with E-state index in [1.54, 1.807) is 0 Å². The molecule has 0 radical (unpaired) electrons. The molecule has 4 nitrogen and oxygen atoms in total. The molecular weight excluding hydrogens is 604 g/mol. The molecule has 0 saturated heterocycles. The van der Waals surface area contributed by atoms with Crippen molar-refractivity contribution in [3.63, 3.8) is 0 Å². The molecule has 0 aromatic heterocycles. The summed E-state index contributed by atoms with van der Waals surface area (Å²) in [7, 11) is 0. The Morgan fingerprint density at radius 2 is 0.816 bits per heavy atom. The van der Waals surface area contributed by atoms with Gasteiger partial charge in [-0.15, -0.1) is 0 Å². The molecule has 0 fully saturated rings. The summed E-state index contributed by atoms with van der Waals surface area (Å²) in [6.07, 6.45) is 1.55. The average molecular weight is 632 g/mol. The van der Waals surface area contributed by atoms with Gasteiger partial charge >= 0.3 is 0 Å². The number of nitrogens with zero attached hydrogens (tertiary/aromatic N) is 2. The van der Waals surface area contributed by atoms with Gasteiger partial charge in [-0.2, -0.15) is 0 Å². The summed E-state index contributed by atoms with van der Waals surface area (Å²) in [4.78, 5) is 11.1. The maximum absolute atomic E-state index is 5.53. The van der Waals surface area contributed by atoms with E-state index in [1.165, 1.54) is 22.3 Å². The lowest BCUT2D eigenvalue weighted by Crippen LogP contribution is -2.20. The van der Waals surface area contributed by atoms with Crippen LogP contribution < -0.4 is 0 Å². The fourth-order valence-corrected chi connectivity index (χ4v) is 5.80. The molecule has 0 saturated carbocycles. The molecule has 0 bridgehead atoms. The number of rotatable bonds is 4. The van der Waals surface area contributed by atoms with E-state index in [2.05, 4.69) is 153 Å². The first-order chi connectivity index (χ1) is 18.3. The second-order valence-corrected chi connectivity index (χ2v) is 11.7. The summed E-state index contributed by atoms with van der Waals surface area (Å²) in [6, 6.07) is 37.7. The third kappa shape index (κ3) is 5.92. The van der Waals surface area contributed by atoms with Crippen LogP contribution in [0.5, 0.6) is 0 Å². The van der Waals surface area contributed by atoms with Crippen LogP contribution in [0.2, 0.25) is 0 Å². The van der Waals surface area contributed by atoms with E-state index in [9.17, 15) is 0 Å². The van der Waals surface area contributed by atoms with Gasteiger partial charge in [-0.05, 0) is 79.1 Å². The zero-order chi connectivity index (χ0) is 26.6. The van der Waals surface area contributed by atoms with Crippen molar-refractivity contribution < 1.29 is 9.68 Å². The van der Waals surface area contributed by atoms with Gasteiger partial charge in [0, 0.05) is 12.8 Å². The zero-order valence-corrected chi connectivity index (χ0v) is 24.4. The summed E-state index contributed by atoms with van der Waals surface area (Å²) in [5.41, 5.74) is 6.46. The summed E-state index contributed by atoms with van der Waals surface area (Å²) in [5.74, 6) is 0. The summed E-state index contributed by atoms with van der Waals surface area (Å²) in [6.45, 7) is 4.12. The van der Waals surface area contributed by atoms with Crippen molar-refractivity contribution in [1.29, 1.82) is 0 Å². The first kappa shape index (κ1) is 26.4. The van der Waals surface area contributed by atoms with Gasteiger partial charge in [0.05, 0.1) is 0 Å². The van der Waals surface area contributed by atoms with Crippen LogP contribution >= 0.6 is 31.9 Å². The zero-order valence-electron chi connectivity index (χ0n) is 21.3. The number of oxime groups is 2. The lowest BCUT2D eigenvalue weighted by atomic mass is 9.92. The van der Waals surface area contributed by atoms with Gasteiger partial charge in [0.1, 0.15) is 9.24 Å². The molecule has 4 aromatic rings. The van der Waals surface area contributed by atoms with Crippen molar-refractivity contribution in [1.82, 2.24) is 0 Å². The second-order valence-electron chi connectivity index (χ2n) is 9.82. The average Bonchev–Trinajstić information content (AvgIpc) is 3.51. The quantitative estimate of drug-likeness (QED) is 0.225. The summed E-state index contributed by atoms with van der Waals surface area (Å²) >= 11 is 6.77. The standard InChI is InChI=1S/2C16H14BrNO/c2*1-16(11-15(17)18-19-16)14-9-7-13(8-10-14)12-5-3-2-4-6-12/h2*2-10H,11H2,1H3/t2*16-/m10/s1. The molecule has 4 aromatic carbocycles. The largest absolute Gasteiger partial charge is 0.383 e. The Labute approximate surface area is 240 Å². The fraction of sp³-hybridized carbons (Fsp3) is 0.188. The van der Waals surface area contributed by atoms with Crippen molar-refractivity contribution in [3.05, 3.63) is 120 Å². The highest BCUT2D eigenvalue weighted by Crippen LogP contribution is 2.37. The monoisotopic (exact) mass is 630 g/mol. The highest BCUT2D eigenvalue weighted by Gasteiger charge is 2.36. The van der Waals surface area contributed by atoms with Crippen molar-refractivity contribution >= 4 is 41.1 Å². The summed E-state index contributed by atoms with van der Waals surface area (Å²) in [5, 5.41) is 7.96. The van der Waals surface area contributed by atoms with E-state index in [-0.39, 0.29) is 11.2 Å². The molecule has 0 N–H and O–H groups in total. The Morgan fingerprint density at radius 1 is 0.500 bits per heavy atom. The van der Waals surface area contributed by atoms with Crippen LogP contribution in [0.15, 0.2) is 120 Å². The van der Waals surface area contributed by atoms with Crippen molar-refractivity contribution in [2.24, 2.45) is 10.3 Å². The summed E-state index contributed by atoms with van der Waals surface area (Å²) < 4.78 is 1.73. The molecule has 2 aliphatic heterocycles. The highest BCUT2D eigenvalue weighted by atomic mass is 79.9. The Morgan fingerprint density at radius 3 is 1.11 bits per heavy atom. The Hall–Kier alpha value is -3.22. The molecule has 2 atom stereocenters. The van der Waals surface area contributed by atoms with Crippen molar-refractivity contribution in [2.45, 2.75) is 37.9 Å². The van der Waals surface area contributed by atoms with E-state index in [0.717, 1.165) is 33.2 Å². The van der Waals surface area contributed by atoms with Crippen LogP contribution in [-0.2, 0) is 20.9 Å².